The molecule has 7 heteroatoms. The minimum atomic E-state index is -1.08. The van der Waals surface area contributed by atoms with Gasteiger partial charge in [0.25, 0.3) is 5.69 Å². The monoisotopic (exact) mass is 293 g/mol. The largest absolute Gasteiger partial charge is 0.478 e. The summed E-state index contributed by atoms with van der Waals surface area (Å²) in [5, 5.41) is 20.2. The molecule has 1 unspecified atom stereocenters. The number of anilines is 1. The van der Waals surface area contributed by atoms with Crippen LogP contribution in [0.2, 0.25) is 0 Å². The highest BCUT2D eigenvalue weighted by Crippen LogP contribution is 2.31. The number of likely N-dealkylation sites (N-methyl/N-ethyl adjacent to an activating group) is 1. The molecule has 0 aliphatic carbocycles. The highest BCUT2D eigenvalue weighted by molar-refractivity contribution is 5.90. The van der Waals surface area contributed by atoms with Crippen molar-refractivity contribution in [2.24, 2.45) is 0 Å². The molecule has 0 saturated carbocycles. The number of nitrogens with zero attached hydrogens (tertiary/aromatic N) is 3. The first-order chi connectivity index (χ1) is 9.93. The van der Waals surface area contributed by atoms with Crippen molar-refractivity contribution in [3.63, 3.8) is 0 Å². The zero-order valence-electron chi connectivity index (χ0n) is 12.2. The molecule has 1 aliphatic heterocycles. The SMILES string of the molecule is CCN1CCN(c2cc(C(=O)O)ccc2[N+](=O)[O-])CC1C. The topological polar surface area (TPSA) is 86.9 Å². The van der Waals surface area contributed by atoms with Gasteiger partial charge in [0.05, 0.1) is 10.5 Å². The predicted molar refractivity (Wildman–Crippen MR) is 79.0 cm³/mol. The Hall–Kier alpha value is -2.15. The fraction of sp³-hybridized carbons (Fsp3) is 0.500. The molecule has 7 nitrogen and oxygen atoms in total. The van der Waals surface area contributed by atoms with Gasteiger partial charge in [-0.25, -0.2) is 4.79 Å². The second-order valence-corrected chi connectivity index (χ2v) is 5.19. The normalized spacial score (nSPS) is 19.5. The van der Waals surface area contributed by atoms with Crippen molar-refractivity contribution in [2.75, 3.05) is 31.1 Å². The Morgan fingerprint density at radius 2 is 2.19 bits per heavy atom. The van der Waals surface area contributed by atoms with E-state index in [2.05, 4.69) is 18.7 Å². The smallest absolute Gasteiger partial charge is 0.335 e. The third kappa shape index (κ3) is 3.13. The average Bonchev–Trinajstić information content (AvgIpc) is 2.46. The maximum atomic E-state index is 11.2. The van der Waals surface area contributed by atoms with Crippen LogP contribution < -0.4 is 4.90 Å². The van der Waals surface area contributed by atoms with Gasteiger partial charge in [-0.2, -0.15) is 0 Å². The van der Waals surface area contributed by atoms with Crippen molar-refractivity contribution in [3.05, 3.63) is 33.9 Å². The van der Waals surface area contributed by atoms with Gasteiger partial charge in [-0.05, 0) is 25.6 Å². The van der Waals surface area contributed by atoms with E-state index in [0.29, 0.717) is 18.8 Å². The van der Waals surface area contributed by atoms with Gasteiger partial charge in [0.1, 0.15) is 5.69 Å². The molecule has 0 bridgehead atoms. The molecule has 1 aliphatic rings. The number of carbonyl (C=O) groups is 1. The number of piperazine rings is 1. The van der Waals surface area contributed by atoms with E-state index in [9.17, 15) is 14.9 Å². The van der Waals surface area contributed by atoms with Crippen LogP contribution in [0.15, 0.2) is 18.2 Å². The Balaban J connectivity index is 2.35. The zero-order chi connectivity index (χ0) is 15.6. The Bertz CT molecular complexity index is 561. The second kappa shape index (κ2) is 6.09. The van der Waals surface area contributed by atoms with Crippen LogP contribution in [0.4, 0.5) is 11.4 Å². The standard InChI is InChI=1S/C14H19N3O4/c1-3-15-6-7-16(9-10(15)2)13-8-11(14(18)19)4-5-12(13)17(20)21/h4-5,8,10H,3,6-7,9H2,1-2H3,(H,18,19). The molecule has 1 saturated heterocycles. The number of nitro groups is 1. The van der Waals surface area contributed by atoms with Crippen LogP contribution in [0.1, 0.15) is 24.2 Å². The van der Waals surface area contributed by atoms with Crippen molar-refractivity contribution < 1.29 is 14.8 Å². The fourth-order valence-corrected chi connectivity index (χ4v) is 2.75. The number of carboxylic acids is 1. The quantitative estimate of drug-likeness (QED) is 0.673. The first-order valence-electron chi connectivity index (χ1n) is 6.94. The fourth-order valence-electron chi connectivity index (χ4n) is 2.75. The van der Waals surface area contributed by atoms with Gasteiger partial charge in [-0.1, -0.05) is 6.92 Å². The number of nitro benzene ring substituents is 1. The summed E-state index contributed by atoms with van der Waals surface area (Å²) in [5.41, 5.74) is 0.417. The van der Waals surface area contributed by atoms with E-state index < -0.39 is 10.9 Å². The number of benzene rings is 1. The third-order valence-electron chi connectivity index (χ3n) is 3.93. The van der Waals surface area contributed by atoms with Crippen LogP contribution in [-0.4, -0.2) is 53.1 Å². The summed E-state index contributed by atoms with van der Waals surface area (Å²) in [6.45, 7) is 7.21. The van der Waals surface area contributed by atoms with Gasteiger partial charge < -0.3 is 10.0 Å². The van der Waals surface area contributed by atoms with E-state index in [-0.39, 0.29) is 17.3 Å². The van der Waals surface area contributed by atoms with Gasteiger partial charge in [0, 0.05) is 31.7 Å². The lowest BCUT2D eigenvalue weighted by Crippen LogP contribution is -2.51. The summed E-state index contributed by atoms with van der Waals surface area (Å²) in [7, 11) is 0. The third-order valence-corrected chi connectivity index (χ3v) is 3.93. The number of carboxylic acid groups (broad SMARTS) is 1. The Morgan fingerprint density at radius 1 is 1.48 bits per heavy atom. The minimum Gasteiger partial charge on any atom is -0.478 e. The highest BCUT2D eigenvalue weighted by Gasteiger charge is 2.27. The Labute approximate surface area is 122 Å². The molecule has 0 radical (unpaired) electrons. The van der Waals surface area contributed by atoms with Gasteiger partial charge in [0.15, 0.2) is 0 Å². The van der Waals surface area contributed by atoms with Crippen LogP contribution >= 0.6 is 0 Å². The van der Waals surface area contributed by atoms with Crippen LogP contribution in [0.5, 0.6) is 0 Å². The molecule has 21 heavy (non-hydrogen) atoms. The lowest BCUT2D eigenvalue weighted by molar-refractivity contribution is -0.384. The number of hydrogen-bond acceptors (Lipinski definition) is 5. The molecule has 1 aromatic carbocycles. The molecule has 0 amide bonds. The number of aromatic carboxylic acids is 1. The van der Waals surface area contributed by atoms with Crippen molar-refractivity contribution in [1.29, 1.82) is 0 Å². The first kappa shape index (κ1) is 15.2. The van der Waals surface area contributed by atoms with E-state index in [1.165, 1.54) is 18.2 Å². The van der Waals surface area contributed by atoms with Gasteiger partial charge >= 0.3 is 5.97 Å². The van der Waals surface area contributed by atoms with Gasteiger partial charge in [0.2, 0.25) is 0 Å². The maximum Gasteiger partial charge on any atom is 0.335 e. The summed E-state index contributed by atoms with van der Waals surface area (Å²) < 4.78 is 0. The van der Waals surface area contributed by atoms with Crippen LogP contribution in [0.3, 0.4) is 0 Å². The molecular formula is C14H19N3O4. The molecule has 1 N–H and O–H groups in total. The van der Waals surface area contributed by atoms with Crippen LogP contribution in [0.25, 0.3) is 0 Å². The summed E-state index contributed by atoms with van der Waals surface area (Å²) in [6.07, 6.45) is 0. The van der Waals surface area contributed by atoms with Crippen molar-refractivity contribution in [1.82, 2.24) is 4.90 Å². The summed E-state index contributed by atoms with van der Waals surface area (Å²) in [6, 6.07) is 4.22. The number of rotatable bonds is 4. The predicted octanol–water partition coefficient (Wildman–Crippen LogP) is 1.82. The summed E-state index contributed by atoms with van der Waals surface area (Å²) in [4.78, 5) is 26.0. The first-order valence-corrected chi connectivity index (χ1v) is 6.94. The molecule has 1 aromatic rings. The van der Waals surface area contributed by atoms with E-state index in [1.807, 2.05) is 4.90 Å². The molecule has 1 heterocycles. The maximum absolute atomic E-state index is 11.2. The number of hydrogen-bond donors (Lipinski definition) is 1. The van der Waals surface area contributed by atoms with E-state index in [0.717, 1.165) is 13.1 Å². The summed E-state index contributed by atoms with van der Waals surface area (Å²) in [5.74, 6) is -1.08. The lowest BCUT2D eigenvalue weighted by Gasteiger charge is -2.40. The molecular weight excluding hydrogens is 274 g/mol. The molecule has 1 fully saturated rings. The highest BCUT2D eigenvalue weighted by atomic mass is 16.6. The van der Waals surface area contributed by atoms with E-state index in [4.69, 9.17) is 5.11 Å². The van der Waals surface area contributed by atoms with E-state index >= 15 is 0 Å². The van der Waals surface area contributed by atoms with Crippen LogP contribution in [0, 0.1) is 10.1 Å². The van der Waals surface area contributed by atoms with E-state index in [1.54, 1.807) is 0 Å². The Morgan fingerprint density at radius 3 is 2.71 bits per heavy atom. The van der Waals surface area contributed by atoms with Gasteiger partial charge in [-0.3, -0.25) is 15.0 Å². The zero-order valence-corrected chi connectivity index (χ0v) is 12.2. The summed E-state index contributed by atoms with van der Waals surface area (Å²) >= 11 is 0. The van der Waals surface area contributed by atoms with Gasteiger partial charge in [-0.15, -0.1) is 0 Å². The van der Waals surface area contributed by atoms with Crippen molar-refractivity contribution >= 4 is 17.3 Å². The van der Waals surface area contributed by atoms with Crippen molar-refractivity contribution in [3.8, 4) is 0 Å². The average molecular weight is 293 g/mol. The molecule has 0 aromatic heterocycles. The lowest BCUT2D eigenvalue weighted by atomic mass is 10.1. The minimum absolute atomic E-state index is 0.0443. The van der Waals surface area contributed by atoms with Crippen LogP contribution in [-0.2, 0) is 0 Å². The Kier molecular flexibility index (Phi) is 4.42. The second-order valence-electron chi connectivity index (χ2n) is 5.19. The molecule has 114 valence electrons. The van der Waals surface area contributed by atoms with Crippen molar-refractivity contribution in [2.45, 2.75) is 19.9 Å². The molecule has 2 rings (SSSR count). The molecule has 0 spiro atoms. The molecule has 1 atom stereocenters.